The molecule has 4 aliphatic carbocycles. The second-order valence-electron chi connectivity index (χ2n) is 12.3. The number of thiophene rings is 1. The van der Waals surface area contributed by atoms with E-state index in [0.717, 1.165) is 40.3 Å². The van der Waals surface area contributed by atoms with Crippen LogP contribution in [0.4, 0.5) is 0 Å². The summed E-state index contributed by atoms with van der Waals surface area (Å²) in [6.45, 7) is 0. The van der Waals surface area contributed by atoms with Gasteiger partial charge in [-0.15, -0.1) is 59.7 Å². The van der Waals surface area contributed by atoms with E-state index in [1.165, 1.54) is 58.7 Å². The molecule has 4 saturated carbocycles. The molecule has 1 radical (unpaired) electrons. The molecule has 2 nitrogen and oxygen atoms in total. The Hall–Kier alpha value is -3.17. The van der Waals surface area contributed by atoms with Gasteiger partial charge in [0.15, 0.2) is 0 Å². The summed E-state index contributed by atoms with van der Waals surface area (Å²) < 4.78 is 2.87. The molecule has 0 spiro atoms. The summed E-state index contributed by atoms with van der Waals surface area (Å²) in [7, 11) is 0. The summed E-state index contributed by atoms with van der Waals surface area (Å²) in [4.78, 5) is 8.84. The third-order valence-corrected chi connectivity index (χ3v) is 10.9. The SMILES string of the molecule is [Ir].[c-]1ccc2c(sc3c(C45CC6CC(CC(C6)C4)C5)cccc32)c1-c1ccccn1.[c-]1ccccc1-c1ccccn1. The Morgan fingerprint density at radius 3 is 1.93 bits per heavy atom. The van der Waals surface area contributed by atoms with E-state index in [9.17, 15) is 0 Å². The molecule has 0 unspecified atom stereocenters. The number of benzene rings is 3. The van der Waals surface area contributed by atoms with Crippen molar-refractivity contribution in [2.75, 3.05) is 0 Å². The van der Waals surface area contributed by atoms with Gasteiger partial charge in [0.2, 0.25) is 0 Å². The van der Waals surface area contributed by atoms with Gasteiger partial charge >= 0.3 is 0 Å². The summed E-state index contributed by atoms with van der Waals surface area (Å²) in [5.74, 6) is 2.93. The van der Waals surface area contributed by atoms with Gasteiger partial charge in [-0.2, -0.15) is 11.3 Å². The van der Waals surface area contributed by atoms with Crippen LogP contribution in [0.25, 0.3) is 42.7 Å². The monoisotopic (exact) mass is 741 g/mol. The molecule has 4 aliphatic rings. The van der Waals surface area contributed by atoms with E-state index >= 15 is 0 Å². The predicted molar refractivity (Wildman–Crippen MR) is 170 cm³/mol. The van der Waals surface area contributed by atoms with Crippen LogP contribution < -0.4 is 0 Å². The Labute approximate surface area is 265 Å². The average molecular weight is 741 g/mol. The molecule has 6 aromatic rings. The fourth-order valence-corrected chi connectivity index (χ4v) is 9.84. The zero-order chi connectivity index (χ0) is 27.2. The molecule has 42 heavy (non-hydrogen) atoms. The molecule has 4 fully saturated rings. The Morgan fingerprint density at radius 2 is 1.29 bits per heavy atom. The fourth-order valence-electron chi connectivity index (χ4n) is 8.40. The third-order valence-electron chi connectivity index (χ3n) is 9.64. The van der Waals surface area contributed by atoms with Gasteiger partial charge in [0.1, 0.15) is 0 Å². The number of fused-ring (bicyclic) bond motifs is 3. The van der Waals surface area contributed by atoms with Crippen LogP contribution in [0.5, 0.6) is 0 Å². The molecule has 0 aliphatic heterocycles. The largest absolute Gasteiger partial charge is 0.305 e. The van der Waals surface area contributed by atoms with E-state index in [1.54, 1.807) is 11.8 Å². The molecule has 4 heteroatoms. The molecular formula is C38H32IrN2S-2. The first-order valence-corrected chi connectivity index (χ1v) is 15.7. The number of hydrogen-bond acceptors (Lipinski definition) is 3. The van der Waals surface area contributed by atoms with E-state index in [0.29, 0.717) is 5.41 Å². The minimum absolute atomic E-state index is 0. The van der Waals surface area contributed by atoms with Gasteiger partial charge in [-0.05, 0) is 101 Å². The van der Waals surface area contributed by atoms with Crippen molar-refractivity contribution in [3.63, 3.8) is 0 Å². The Morgan fingerprint density at radius 1 is 0.619 bits per heavy atom. The molecule has 211 valence electrons. The second kappa shape index (κ2) is 11.5. The van der Waals surface area contributed by atoms with Crippen molar-refractivity contribution >= 4 is 31.5 Å². The van der Waals surface area contributed by atoms with Crippen molar-refractivity contribution in [2.24, 2.45) is 17.8 Å². The summed E-state index contributed by atoms with van der Waals surface area (Å²) >= 11 is 1.99. The van der Waals surface area contributed by atoms with Gasteiger partial charge in [0, 0.05) is 37.2 Å². The van der Waals surface area contributed by atoms with E-state index in [-0.39, 0.29) is 20.1 Å². The van der Waals surface area contributed by atoms with Crippen LogP contribution in [-0.4, -0.2) is 9.97 Å². The van der Waals surface area contributed by atoms with Crippen molar-refractivity contribution in [3.8, 4) is 22.5 Å². The second-order valence-corrected chi connectivity index (χ2v) is 13.3. The minimum Gasteiger partial charge on any atom is -0.305 e. The maximum absolute atomic E-state index is 4.62. The van der Waals surface area contributed by atoms with Crippen LogP contribution in [0.2, 0.25) is 0 Å². The number of pyridine rings is 2. The van der Waals surface area contributed by atoms with Crippen LogP contribution >= 0.6 is 11.3 Å². The zero-order valence-corrected chi connectivity index (χ0v) is 26.6. The first kappa shape index (κ1) is 27.6. The fraction of sp³-hybridized carbons (Fsp3) is 0.263. The smallest absolute Gasteiger partial charge is 0.0277 e. The van der Waals surface area contributed by atoms with Gasteiger partial charge in [-0.1, -0.05) is 47.9 Å². The average Bonchev–Trinajstić information content (AvgIpc) is 3.41. The maximum Gasteiger partial charge on any atom is 0.0277 e. The molecule has 0 amide bonds. The number of nitrogens with zero attached hydrogens (tertiary/aromatic N) is 2. The Bertz CT molecular complexity index is 1740. The summed E-state index contributed by atoms with van der Waals surface area (Å²) in [6, 6.07) is 37.9. The first-order valence-electron chi connectivity index (χ1n) is 14.9. The first-order chi connectivity index (χ1) is 20.3. The van der Waals surface area contributed by atoms with Crippen LogP contribution in [-0.2, 0) is 25.5 Å². The Kier molecular flexibility index (Phi) is 7.56. The third kappa shape index (κ3) is 4.94. The van der Waals surface area contributed by atoms with Gasteiger partial charge in [-0.25, -0.2) is 0 Å². The zero-order valence-electron chi connectivity index (χ0n) is 23.4. The number of rotatable bonds is 3. The van der Waals surface area contributed by atoms with E-state index in [2.05, 4.69) is 64.6 Å². The maximum atomic E-state index is 4.62. The molecule has 3 aromatic carbocycles. The number of aromatic nitrogens is 2. The standard InChI is InChI=1S/C27H24NS.C11H8N.Ir/c1-2-10-28-24(9-1)22-7-3-5-20-21-6-4-8-23(26(21)29-25(20)22)27-14-17-11-18(15-27)13-19(12-17)16-27;1-2-6-10(7-3-1)11-8-4-5-9-12-11;/h1-6,8-10,17-19H,11-16H2;1-6,8-9H;/q2*-1;. The topological polar surface area (TPSA) is 25.8 Å². The molecule has 0 atom stereocenters. The quantitative estimate of drug-likeness (QED) is 0.169. The molecule has 4 bridgehead atoms. The molecule has 10 rings (SSSR count). The van der Waals surface area contributed by atoms with Crippen LogP contribution in [0.1, 0.15) is 44.1 Å². The van der Waals surface area contributed by atoms with Crippen LogP contribution in [0, 0.1) is 29.9 Å². The van der Waals surface area contributed by atoms with Crippen molar-refractivity contribution in [1.29, 1.82) is 0 Å². The molecular weight excluding hydrogens is 709 g/mol. The van der Waals surface area contributed by atoms with E-state index in [4.69, 9.17) is 0 Å². The molecule has 3 aromatic heterocycles. The minimum atomic E-state index is 0. The van der Waals surface area contributed by atoms with E-state index in [1.807, 2.05) is 66.1 Å². The predicted octanol–water partition coefficient (Wildman–Crippen LogP) is 9.93. The number of hydrogen-bond donors (Lipinski definition) is 0. The van der Waals surface area contributed by atoms with Gasteiger partial charge < -0.3 is 9.97 Å². The van der Waals surface area contributed by atoms with Gasteiger partial charge in [-0.3, -0.25) is 0 Å². The summed E-state index contributed by atoms with van der Waals surface area (Å²) in [5.41, 5.74) is 6.28. The summed E-state index contributed by atoms with van der Waals surface area (Å²) in [5, 5.41) is 2.81. The van der Waals surface area contributed by atoms with Gasteiger partial charge in [0.05, 0.1) is 0 Å². The normalized spacial score (nSPS) is 23.8. The van der Waals surface area contributed by atoms with Crippen LogP contribution in [0.15, 0.2) is 103 Å². The molecule has 3 heterocycles. The molecule has 0 saturated heterocycles. The molecule has 0 N–H and O–H groups in total. The van der Waals surface area contributed by atoms with Crippen molar-refractivity contribution in [2.45, 2.75) is 43.9 Å². The van der Waals surface area contributed by atoms with E-state index < -0.39 is 0 Å². The van der Waals surface area contributed by atoms with Crippen molar-refractivity contribution < 1.29 is 20.1 Å². The van der Waals surface area contributed by atoms with Crippen LogP contribution in [0.3, 0.4) is 0 Å². The van der Waals surface area contributed by atoms with Crippen molar-refractivity contribution in [1.82, 2.24) is 9.97 Å². The van der Waals surface area contributed by atoms with Gasteiger partial charge in [0.25, 0.3) is 0 Å². The Balaban J connectivity index is 0.000000188. The summed E-state index contributed by atoms with van der Waals surface area (Å²) in [6.07, 6.45) is 12.4. The van der Waals surface area contributed by atoms with Crippen molar-refractivity contribution in [3.05, 3.63) is 121 Å².